The number of alkyl halides is 3. The molecule has 12 heteroatoms. The molecule has 0 spiro atoms. The first kappa shape index (κ1) is 21.8. The van der Waals surface area contributed by atoms with Crippen molar-refractivity contribution in [3.8, 4) is 11.6 Å². The molecular weight excluding hydrogens is 448 g/mol. The van der Waals surface area contributed by atoms with Crippen LogP contribution >= 0.6 is 23.5 Å². The molecule has 0 aliphatic rings. The number of nitrogens with one attached hydrogen (secondary N) is 1. The van der Waals surface area contributed by atoms with Crippen LogP contribution < -0.4 is 15.2 Å². The Morgan fingerprint density at radius 2 is 1.90 bits per heavy atom. The first-order valence-corrected chi connectivity index (χ1v) is 9.29. The van der Waals surface area contributed by atoms with Crippen LogP contribution in [0.5, 0.6) is 11.6 Å². The Kier molecular flexibility index (Phi) is 6.44. The van der Waals surface area contributed by atoms with Crippen molar-refractivity contribution in [2.75, 3.05) is 5.32 Å². The number of nitrogens with two attached hydrogens (primary N) is 1. The van der Waals surface area contributed by atoms with Crippen LogP contribution in [-0.2, 0) is 6.18 Å². The van der Waals surface area contributed by atoms with Crippen LogP contribution in [0.4, 0.5) is 23.2 Å². The summed E-state index contributed by atoms with van der Waals surface area (Å²) in [7, 11) is 0. The minimum atomic E-state index is -4.85. The Labute approximate surface area is 176 Å². The number of rotatable bonds is 5. The van der Waals surface area contributed by atoms with Crippen LogP contribution in [-0.4, -0.2) is 16.1 Å². The third-order valence-corrected chi connectivity index (χ3v) is 4.46. The predicted molar refractivity (Wildman–Crippen MR) is 103 cm³/mol. The molecule has 1 amide bonds. The van der Waals surface area contributed by atoms with Gasteiger partial charge < -0.3 is 10.1 Å². The monoisotopic (exact) mass is 458 g/mol. The van der Waals surface area contributed by atoms with E-state index >= 15 is 0 Å². The van der Waals surface area contributed by atoms with Gasteiger partial charge >= 0.3 is 6.18 Å². The van der Waals surface area contributed by atoms with Crippen molar-refractivity contribution in [1.82, 2.24) is 10.2 Å². The fraction of sp³-hybridized carbons (Fsp3) is 0.0556. The highest BCUT2D eigenvalue weighted by Crippen LogP contribution is 2.34. The van der Waals surface area contributed by atoms with Gasteiger partial charge in [-0.05, 0) is 48.3 Å². The van der Waals surface area contributed by atoms with Crippen LogP contribution in [0.25, 0.3) is 0 Å². The van der Waals surface area contributed by atoms with Gasteiger partial charge in [-0.3, -0.25) is 9.93 Å². The lowest BCUT2D eigenvalue weighted by Crippen LogP contribution is -2.18. The standard InChI is InChI=1S/C18H11ClF4N4O2S/c19-13-5-4-9(20)6-14(13)29-17-12(8-15(26-27-17)18(21,22)23)16(28)25-10-2-1-3-11(7-10)30-24/h1-8H,24H2,(H,25,28). The van der Waals surface area contributed by atoms with Crippen LogP contribution in [0.15, 0.2) is 53.4 Å². The molecule has 1 aromatic heterocycles. The van der Waals surface area contributed by atoms with E-state index in [1.807, 2.05) is 0 Å². The summed E-state index contributed by atoms with van der Waals surface area (Å²) < 4.78 is 58.0. The van der Waals surface area contributed by atoms with Crippen LogP contribution in [0.1, 0.15) is 16.1 Å². The summed E-state index contributed by atoms with van der Waals surface area (Å²) in [6, 6.07) is 9.92. The Bertz CT molecular complexity index is 1100. The predicted octanol–water partition coefficient (Wildman–Crippen LogP) is 5.30. The normalized spacial score (nSPS) is 11.3. The average Bonchev–Trinajstić information content (AvgIpc) is 2.70. The zero-order chi connectivity index (χ0) is 21.9. The van der Waals surface area contributed by atoms with Gasteiger partial charge in [0, 0.05) is 16.6 Å². The molecule has 156 valence electrons. The van der Waals surface area contributed by atoms with Gasteiger partial charge in [0.15, 0.2) is 11.4 Å². The molecular formula is C18H11ClF4N4O2S. The largest absolute Gasteiger partial charge is 0.435 e. The van der Waals surface area contributed by atoms with Crippen molar-refractivity contribution in [2.45, 2.75) is 11.1 Å². The number of benzene rings is 2. The van der Waals surface area contributed by atoms with Gasteiger partial charge in [-0.15, -0.1) is 10.2 Å². The smallest absolute Gasteiger partial charge is 0.435 e. The van der Waals surface area contributed by atoms with Crippen molar-refractivity contribution in [3.63, 3.8) is 0 Å². The van der Waals surface area contributed by atoms with E-state index in [0.29, 0.717) is 11.0 Å². The van der Waals surface area contributed by atoms with Crippen molar-refractivity contribution >= 4 is 35.1 Å². The summed E-state index contributed by atoms with van der Waals surface area (Å²) in [5, 5.41) is 14.2. The number of anilines is 1. The van der Waals surface area contributed by atoms with Gasteiger partial charge in [-0.1, -0.05) is 17.7 Å². The van der Waals surface area contributed by atoms with E-state index in [1.165, 1.54) is 18.2 Å². The van der Waals surface area contributed by atoms with Gasteiger partial charge in [0.05, 0.1) is 5.02 Å². The molecule has 3 N–H and O–H groups in total. The zero-order valence-corrected chi connectivity index (χ0v) is 16.3. The number of hydrogen-bond donors (Lipinski definition) is 2. The number of carbonyl (C=O) groups is 1. The minimum Gasteiger partial charge on any atom is -0.435 e. The molecule has 0 unspecified atom stereocenters. The van der Waals surface area contributed by atoms with Crippen molar-refractivity contribution < 1.29 is 27.1 Å². The Morgan fingerprint density at radius 1 is 1.13 bits per heavy atom. The SMILES string of the molecule is NSc1cccc(NC(=O)c2cc(C(F)(F)F)nnc2Oc2cc(F)ccc2Cl)c1. The second kappa shape index (κ2) is 8.86. The van der Waals surface area contributed by atoms with E-state index in [-0.39, 0.29) is 16.5 Å². The lowest BCUT2D eigenvalue weighted by atomic mass is 10.2. The molecule has 0 aliphatic carbocycles. The molecule has 0 aliphatic heterocycles. The number of aromatic nitrogens is 2. The Balaban J connectivity index is 2.00. The number of nitrogens with zero attached hydrogens (tertiary/aromatic N) is 2. The van der Waals surface area contributed by atoms with Gasteiger partial charge in [0.25, 0.3) is 11.8 Å². The van der Waals surface area contributed by atoms with Crippen LogP contribution in [0.3, 0.4) is 0 Å². The molecule has 0 saturated carbocycles. The van der Waals surface area contributed by atoms with E-state index < -0.39 is 35.0 Å². The highest BCUT2D eigenvalue weighted by molar-refractivity contribution is 7.97. The fourth-order valence-corrected chi connectivity index (χ4v) is 2.77. The van der Waals surface area contributed by atoms with Crippen molar-refractivity contribution in [3.05, 3.63) is 70.6 Å². The third kappa shape index (κ3) is 5.17. The first-order valence-electron chi connectivity index (χ1n) is 8.03. The lowest BCUT2D eigenvalue weighted by Gasteiger charge is -2.13. The molecule has 0 atom stereocenters. The number of amides is 1. The molecule has 30 heavy (non-hydrogen) atoms. The van der Waals surface area contributed by atoms with Gasteiger partial charge in [0.1, 0.15) is 11.4 Å². The fourth-order valence-electron chi connectivity index (χ4n) is 2.26. The molecule has 0 bridgehead atoms. The number of carbonyl (C=O) groups excluding carboxylic acids is 1. The lowest BCUT2D eigenvalue weighted by molar-refractivity contribution is -0.141. The maximum atomic E-state index is 13.5. The molecule has 6 nitrogen and oxygen atoms in total. The summed E-state index contributed by atoms with van der Waals surface area (Å²) in [6.07, 6.45) is -4.85. The summed E-state index contributed by atoms with van der Waals surface area (Å²) in [5.41, 5.74) is -1.71. The number of hydrogen-bond acceptors (Lipinski definition) is 6. The van der Waals surface area contributed by atoms with Crippen LogP contribution in [0.2, 0.25) is 5.02 Å². The Morgan fingerprint density at radius 3 is 2.60 bits per heavy atom. The Hall–Kier alpha value is -2.89. The summed E-state index contributed by atoms with van der Waals surface area (Å²) in [5.74, 6) is -2.51. The maximum Gasteiger partial charge on any atom is 0.435 e. The molecule has 3 aromatic rings. The summed E-state index contributed by atoms with van der Waals surface area (Å²) in [6.45, 7) is 0. The van der Waals surface area contributed by atoms with Gasteiger partial charge in [0.2, 0.25) is 0 Å². The molecule has 0 fully saturated rings. The number of ether oxygens (including phenoxy) is 1. The second-order valence-corrected chi connectivity index (χ2v) is 6.84. The molecule has 0 saturated heterocycles. The summed E-state index contributed by atoms with van der Waals surface area (Å²) in [4.78, 5) is 13.3. The van der Waals surface area contributed by atoms with E-state index in [9.17, 15) is 22.4 Å². The van der Waals surface area contributed by atoms with Gasteiger partial charge in [-0.2, -0.15) is 13.2 Å². The highest BCUT2D eigenvalue weighted by Gasteiger charge is 2.35. The van der Waals surface area contributed by atoms with Crippen molar-refractivity contribution in [2.24, 2.45) is 5.14 Å². The maximum absolute atomic E-state index is 13.5. The topological polar surface area (TPSA) is 90.1 Å². The molecule has 0 radical (unpaired) electrons. The average molecular weight is 459 g/mol. The molecule has 2 aromatic carbocycles. The number of halogens is 5. The summed E-state index contributed by atoms with van der Waals surface area (Å²) >= 11 is 6.83. The van der Waals surface area contributed by atoms with E-state index in [2.05, 4.69) is 15.5 Å². The molecule has 1 heterocycles. The van der Waals surface area contributed by atoms with E-state index in [0.717, 1.165) is 24.1 Å². The van der Waals surface area contributed by atoms with Crippen LogP contribution in [0, 0.1) is 5.82 Å². The first-order chi connectivity index (χ1) is 14.2. The quantitative estimate of drug-likeness (QED) is 0.398. The van der Waals surface area contributed by atoms with Gasteiger partial charge in [-0.25, -0.2) is 4.39 Å². The zero-order valence-electron chi connectivity index (χ0n) is 14.7. The van der Waals surface area contributed by atoms with E-state index in [1.54, 1.807) is 12.1 Å². The third-order valence-electron chi connectivity index (χ3n) is 3.62. The minimum absolute atomic E-state index is 0.0443. The van der Waals surface area contributed by atoms with Crippen molar-refractivity contribution in [1.29, 1.82) is 0 Å². The highest BCUT2D eigenvalue weighted by atomic mass is 35.5. The molecule has 3 rings (SSSR count). The second-order valence-electron chi connectivity index (χ2n) is 5.72. The van der Waals surface area contributed by atoms with E-state index in [4.69, 9.17) is 21.5 Å².